The van der Waals surface area contributed by atoms with Crippen molar-refractivity contribution in [3.8, 4) is 0 Å². The summed E-state index contributed by atoms with van der Waals surface area (Å²) in [5.41, 5.74) is 1.51. The predicted molar refractivity (Wildman–Crippen MR) is 92.7 cm³/mol. The standard InChI is InChI=1S/C19H28S/c1-14(2)6-5-7-15(3)8-9-17-10-11-18-12-16(4)20-19(18)13-17/h10-15H,5-9H2,1-4H3. The highest BCUT2D eigenvalue weighted by atomic mass is 32.1. The van der Waals surface area contributed by atoms with E-state index >= 15 is 0 Å². The lowest BCUT2D eigenvalue weighted by atomic mass is 9.94. The van der Waals surface area contributed by atoms with E-state index in [0.29, 0.717) is 0 Å². The molecule has 0 amide bonds. The Balaban J connectivity index is 1.82. The van der Waals surface area contributed by atoms with Gasteiger partial charge < -0.3 is 0 Å². The molecule has 0 aliphatic heterocycles. The van der Waals surface area contributed by atoms with E-state index in [1.54, 1.807) is 0 Å². The largest absolute Gasteiger partial charge is 0.141 e. The summed E-state index contributed by atoms with van der Waals surface area (Å²) in [6.07, 6.45) is 6.72. The molecule has 0 nitrogen and oxygen atoms in total. The van der Waals surface area contributed by atoms with Crippen molar-refractivity contribution in [1.29, 1.82) is 0 Å². The molecule has 0 saturated heterocycles. The smallest absolute Gasteiger partial charge is 0.0348 e. The van der Waals surface area contributed by atoms with Gasteiger partial charge in [0.15, 0.2) is 0 Å². The Morgan fingerprint density at radius 3 is 2.55 bits per heavy atom. The lowest BCUT2D eigenvalue weighted by Crippen LogP contribution is -1.99. The fraction of sp³-hybridized carbons (Fsp3) is 0.579. The molecule has 1 unspecified atom stereocenters. The highest BCUT2D eigenvalue weighted by Gasteiger charge is 2.05. The molecule has 1 atom stereocenters. The zero-order valence-electron chi connectivity index (χ0n) is 13.4. The van der Waals surface area contributed by atoms with Crippen LogP contribution < -0.4 is 0 Å². The van der Waals surface area contributed by atoms with Crippen molar-refractivity contribution in [3.05, 3.63) is 34.7 Å². The maximum Gasteiger partial charge on any atom is 0.0348 e. The van der Waals surface area contributed by atoms with Gasteiger partial charge in [0.25, 0.3) is 0 Å². The van der Waals surface area contributed by atoms with Crippen molar-refractivity contribution in [2.24, 2.45) is 11.8 Å². The van der Waals surface area contributed by atoms with Crippen molar-refractivity contribution >= 4 is 21.4 Å². The van der Waals surface area contributed by atoms with E-state index in [1.807, 2.05) is 11.3 Å². The summed E-state index contributed by atoms with van der Waals surface area (Å²) in [7, 11) is 0. The van der Waals surface area contributed by atoms with Crippen LogP contribution in [-0.4, -0.2) is 0 Å². The summed E-state index contributed by atoms with van der Waals surface area (Å²) < 4.78 is 1.45. The number of aryl methyl sites for hydroxylation is 2. The van der Waals surface area contributed by atoms with Crippen molar-refractivity contribution in [2.45, 2.75) is 59.8 Å². The quantitative estimate of drug-likeness (QED) is 0.538. The topological polar surface area (TPSA) is 0 Å². The molecule has 2 rings (SSSR count). The third-order valence-electron chi connectivity index (χ3n) is 4.11. The van der Waals surface area contributed by atoms with Crippen molar-refractivity contribution in [2.75, 3.05) is 0 Å². The van der Waals surface area contributed by atoms with Gasteiger partial charge in [-0.05, 0) is 54.7 Å². The molecule has 20 heavy (non-hydrogen) atoms. The fourth-order valence-electron chi connectivity index (χ4n) is 2.80. The molecule has 0 saturated carbocycles. The van der Waals surface area contributed by atoms with Gasteiger partial charge in [0.2, 0.25) is 0 Å². The van der Waals surface area contributed by atoms with Gasteiger partial charge in [-0.3, -0.25) is 0 Å². The fourth-order valence-corrected chi connectivity index (χ4v) is 3.78. The van der Waals surface area contributed by atoms with Crippen LogP contribution in [0.1, 0.15) is 56.9 Å². The minimum Gasteiger partial charge on any atom is -0.141 e. The Morgan fingerprint density at radius 2 is 1.80 bits per heavy atom. The van der Waals surface area contributed by atoms with Crippen LogP contribution in [-0.2, 0) is 6.42 Å². The van der Waals surface area contributed by atoms with Gasteiger partial charge in [-0.15, -0.1) is 11.3 Å². The maximum absolute atomic E-state index is 2.41. The lowest BCUT2D eigenvalue weighted by Gasteiger charge is -2.12. The normalized spacial score (nSPS) is 13.2. The van der Waals surface area contributed by atoms with Crippen LogP contribution in [0.3, 0.4) is 0 Å². The van der Waals surface area contributed by atoms with Gasteiger partial charge >= 0.3 is 0 Å². The molecule has 0 radical (unpaired) electrons. The monoisotopic (exact) mass is 288 g/mol. The van der Waals surface area contributed by atoms with Gasteiger partial charge in [0, 0.05) is 9.58 Å². The van der Waals surface area contributed by atoms with Crippen LogP contribution >= 0.6 is 11.3 Å². The summed E-state index contributed by atoms with van der Waals surface area (Å²) in [5, 5.41) is 1.40. The third-order valence-corrected chi connectivity index (χ3v) is 5.13. The Hall–Kier alpha value is -0.820. The number of rotatable bonds is 7. The Kier molecular flexibility index (Phi) is 5.65. The number of fused-ring (bicyclic) bond motifs is 1. The van der Waals surface area contributed by atoms with Crippen molar-refractivity contribution < 1.29 is 0 Å². The number of hydrogen-bond acceptors (Lipinski definition) is 1. The van der Waals surface area contributed by atoms with Gasteiger partial charge in [-0.25, -0.2) is 0 Å². The SMILES string of the molecule is Cc1cc2ccc(CCC(C)CCCC(C)C)cc2s1. The molecule has 2 aromatic rings. The first-order valence-corrected chi connectivity index (χ1v) is 8.85. The highest BCUT2D eigenvalue weighted by molar-refractivity contribution is 7.19. The maximum atomic E-state index is 2.41. The van der Waals surface area contributed by atoms with E-state index < -0.39 is 0 Å². The number of thiophene rings is 1. The van der Waals surface area contributed by atoms with E-state index in [4.69, 9.17) is 0 Å². The minimum atomic E-state index is 0.853. The van der Waals surface area contributed by atoms with E-state index in [2.05, 4.69) is 52.0 Å². The van der Waals surface area contributed by atoms with Crippen LogP contribution in [0.25, 0.3) is 10.1 Å². The molecular weight excluding hydrogens is 260 g/mol. The van der Waals surface area contributed by atoms with Gasteiger partial charge in [0.1, 0.15) is 0 Å². The second-order valence-electron chi connectivity index (χ2n) is 6.70. The van der Waals surface area contributed by atoms with Gasteiger partial charge in [-0.1, -0.05) is 52.2 Å². The average molecular weight is 288 g/mol. The van der Waals surface area contributed by atoms with E-state index in [0.717, 1.165) is 11.8 Å². The second-order valence-corrected chi connectivity index (χ2v) is 7.99. The van der Waals surface area contributed by atoms with Gasteiger partial charge in [0.05, 0.1) is 0 Å². The Morgan fingerprint density at radius 1 is 1.00 bits per heavy atom. The summed E-state index contributed by atoms with van der Waals surface area (Å²) in [6.45, 7) is 9.25. The van der Waals surface area contributed by atoms with Crippen LogP contribution in [0.5, 0.6) is 0 Å². The van der Waals surface area contributed by atoms with Crippen molar-refractivity contribution in [3.63, 3.8) is 0 Å². The lowest BCUT2D eigenvalue weighted by molar-refractivity contribution is 0.437. The van der Waals surface area contributed by atoms with Crippen molar-refractivity contribution in [1.82, 2.24) is 0 Å². The first-order chi connectivity index (χ1) is 9.54. The zero-order chi connectivity index (χ0) is 14.5. The zero-order valence-corrected chi connectivity index (χ0v) is 14.2. The first kappa shape index (κ1) is 15.6. The molecule has 1 heteroatoms. The summed E-state index contributed by atoms with van der Waals surface area (Å²) in [6, 6.07) is 9.29. The van der Waals surface area contributed by atoms with Crippen LogP contribution in [0.4, 0.5) is 0 Å². The van der Waals surface area contributed by atoms with Gasteiger partial charge in [-0.2, -0.15) is 0 Å². The minimum absolute atomic E-state index is 0.853. The van der Waals surface area contributed by atoms with E-state index in [9.17, 15) is 0 Å². The molecule has 1 aromatic heterocycles. The number of benzene rings is 1. The molecule has 0 spiro atoms. The second kappa shape index (κ2) is 7.26. The molecule has 1 heterocycles. The first-order valence-electron chi connectivity index (χ1n) is 8.03. The average Bonchev–Trinajstić information content (AvgIpc) is 2.75. The molecule has 0 aliphatic rings. The van der Waals surface area contributed by atoms with Crippen LogP contribution in [0.2, 0.25) is 0 Å². The molecule has 1 aromatic carbocycles. The third kappa shape index (κ3) is 4.63. The summed E-state index contributed by atoms with van der Waals surface area (Å²) in [5.74, 6) is 1.71. The molecule has 0 aliphatic carbocycles. The molecule has 110 valence electrons. The number of hydrogen-bond donors (Lipinski definition) is 0. The molecule has 0 bridgehead atoms. The Labute approximate surface area is 128 Å². The summed E-state index contributed by atoms with van der Waals surface area (Å²) >= 11 is 1.92. The van der Waals surface area contributed by atoms with E-state index in [-0.39, 0.29) is 0 Å². The Bertz CT molecular complexity index is 536. The molecular formula is C19H28S. The molecule has 0 fully saturated rings. The molecule has 0 N–H and O–H groups in total. The van der Waals surface area contributed by atoms with Crippen LogP contribution in [0.15, 0.2) is 24.3 Å². The highest BCUT2D eigenvalue weighted by Crippen LogP contribution is 2.27. The summed E-state index contributed by atoms with van der Waals surface area (Å²) in [4.78, 5) is 1.42. The van der Waals surface area contributed by atoms with E-state index in [1.165, 1.54) is 52.6 Å². The predicted octanol–water partition coefficient (Wildman–Crippen LogP) is 6.60. The van der Waals surface area contributed by atoms with Crippen LogP contribution in [0, 0.1) is 18.8 Å².